The van der Waals surface area contributed by atoms with E-state index >= 15 is 0 Å². The number of primary amides is 1. The summed E-state index contributed by atoms with van der Waals surface area (Å²) in [5.41, 5.74) is 5.14. The molecular weight excluding hydrogens is 166 g/mol. The Morgan fingerprint density at radius 1 is 1.77 bits per heavy atom. The summed E-state index contributed by atoms with van der Waals surface area (Å²) in [6, 6.07) is 0.357. The van der Waals surface area contributed by atoms with Crippen molar-refractivity contribution in [1.82, 2.24) is 10.2 Å². The highest BCUT2D eigenvalue weighted by Crippen LogP contribution is 2.13. The molecule has 1 heterocycles. The molecule has 2 unspecified atom stereocenters. The van der Waals surface area contributed by atoms with E-state index in [-0.39, 0.29) is 11.9 Å². The first-order valence-corrected chi connectivity index (χ1v) is 4.84. The Bertz CT molecular complexity index is 184. The topological polar surface area (TPSA) is 58.4 Å². The quantitative estimate of drug-likeness (QED) is 0.623. The van der Waals surface area contributed by atoms with Gasteiger partial charge in [0.2, 0.25) is 5.91 Å². The van der Waals surface area contributed by atoms with Crippen LogP contribution < -0.4 is 11.1 Å². The Kier molecular flexibility index (Phi) is 3.69. The smallest absolute Gasteiger partial charge is 0.234 e. The van der Waals surface area contributed by atoms with Crippen molar-refractivity contribution in [2.75, 3.05) is 20.1 Å². The zero-order valence-corrected chi connectivity index (χ0v) is 8.42. The van der Waals surface area contributed by atoms with Crippen molar-refractivity contribution in [1.29, 1.82) is 0 Å². The van der Waals surface area contributed by atoms with Gasteiger partial charge < -0.3 is 16.0 Å². The van der Waals surface area contributed by atoms with Gasteiger partial charge in [0.15, 0.2) is 0 Å². The molecular formula is C9H19N3O. The number of amides is 1. The predicted octanol–water partition coefficient (Wildman–Crippen LogP) is -0.456. The number of nitrogens with zero attached hydrogens (tertiary/aromatic N) is 1. The first-order chi connectivity index (χ1) is 6.11. The highest BCUT2D eigenvalue weighted by Gasteiger charge is 2.21. The lowest BCUT2D eigenvalue weighted by molar-refractivity contribution is -0.119. The first-order valence-electron chi connectivity index (χ1n) is 4.84. The molecule has 1 amide bonds. The van der Waals surface area contributed by atoms with Crippen LogP contribution in [-0.2, 0) is 4.79 Å². The van der Waals surface area contributed by atoms with Crippen LogP contribution in [0.1, 0.15) is 19.8 Å². The van der Waals surface area contributed by atoms with E-state index in [1.165, 1.54) is 12.8 Å². The third-order valence-corrected chi connectivity index (χ3v) is 2.76. The Balaban J connectivity index is 2.22. The number of nitrogens with two attached hydrogens (primary N) is 1. The molecule has 0 saturated carbocycles. The van der Waals surface area contributed by atoms with Crippen LogP contribution in [-0.4, -0.2) is 43.0 Å². The molecule has 0 aromatic carbocycles. The van der Waals surface area contributed by atoms with Crippen LogP contribution in [0.25, 0.3) is 0 Å². The molecule has 3 N–H and O–H groups in total. The molecule has 1 rings (SSSR count). The Hall–Kier alpha value is -0.610. The maximum absolute atomic E-state index is 10.7. The molecule has 1 saturated heterocycles. The lowest BCUT2D eigenvalue weighted by Gasteiger charge is -2.21. The molecule has 0 bridgehead atoms. The fourth-order valence-electron chi connectivity index (χ4n) is 1.65. The highest BCUT2D eigenvalue weighted by atomic mass is 16.1. The average molecular weight is 185 g/mol. The molecule has 0 aromatic heterocycles. The summed E-state index contributed by atoms with van der Waals surface area (Å²) in [6.07, 6.45) is 2.47. The molecule has 0 radical (unpaired) electrons. The number of carbonyl (C=O) groups is 1. The van der Waals surface area contributed by atoms with Crippen molar-refractivity contribution in [3.05, 3.63) is 0 Å². The van der Waals surface area contributed by atoms with Crippen LogP contribution in [0.3, 0.4) is 0 Å². The minimum Gasteiger partial charge on any atom is -0.368 e. The molecule has 0 aromatic rings. The minimum atomic E-state index is -0.277. The van der Waals surface area contributed by atoms with Crippen molar-refractivity contribution in [2.24, 2.45) is 5.73 Å². The fourth-order valence-corrected chi connectivity index (χ4v) is 1.65. The van der Waals surface area contributed by atoms with E-state index < -0.39 is 0 Å². The summed E-state index contributed by atoms with van der Waals surface area (Å²) in [7, 11) is 2.12. The van der Waals surface area contributed by atoms with Crippen molar-refractivity contribution in [3.63, 3.8) is 0 Å². The molecule has 1 aliphatic rings. The Morgan fingerprint density at radius 3 is 2.92 bits per heavy atom. The van der Waals surface area contributed by atoms with Crippen LogP contribution in [0.2, 0.25) is 0 Å². The van der Waals surface area contributed by atoms with Crippen LogP contribution in [0, 0.1) is 0 Å². The van der Waals surface area contributed by atoms with Crippen molar-refractivity contribution in [3.8, 4) is 0 Å². The summed E-state index contributed by atoms with van der Waals surface area (Å²) < 4.78 is 0. The fraction of sp³-hybridized carbons (Fsp3) is 0.889. The number of hydrogen-bond donors (Lipinski definition) is 2. The molecule has 76 valence electrons. The van der Waals surface area contributed by atoms with Crippen molar-refractivity contribution in [2.45, 2.75) is 31.8 Å². The average Bonchev–Trinajstić information content (AvgIpc) is 2.47. The lowest BCUT2D eigenvalue weighted by Crippen LogP contribution is -2.44. The summed E-state index contributed by atoms with van der Waals surface area (Å²) in [6.45, 7) is 3.83. The first kappa shape index (κ1) is 10.5. The third-order valence-electron chi connectivity index (χ3n) is 2.76. The summed E-state index contributed by atoms with van der Waals surface area (Å²) in [4.78, 5) is 13.1. The van der Waals surface area contributed by atoms with Gasteiger partial charge in [0.05, 0.1) is 6.04 Å². The second-order valence-corrected chi connectivity index (χ2v) is 3.81. The van der Waals surface area contributed by atoms with Gasteiger partial charge >= 0.3 is 0 Å². The second kappa shape index (κ2) is 4.58. The molecule has 13 heavy (non-hydrogen) atoms. The Labute approximate surface area is 79.5 Å². The predicted molar refractivity (Wildman–Crippen MR) is 52.3 cm³/mol. The maximum atomic E-state index is 10.7. The van der Waals surface area contributed by atoms with E-state index in [0.29, 0.717) is 6.04 Å². The lowest BCUT2D eigenvalue weighted by atomic mass is 10.2. The van der Waals surface area contributed by atoms with Gasteiger partial charge in [0, 0.05) is 12.6 Å². The molecule has 0 spiro atoms. The summed E-state index contributed by atoms with van der Waals surface area (Å²) in [5, 5.41) is 3.14. The van der Waals surface area contributed by atoms with Crippen LogP contribution in [0.4, 0.5) is 0 Å². The van der Waals surface area contributed by atoms with E-state index in [1.807, 2.05) is 0 Å². The van der Waals surface area contributed by atoms with E-state index in [0.717, 1.165) is 13.1 Å². The van der Waals surface area contributed by atoms with Crippen molar-refractivity contribution >= 4 is 5.91 Å². The van der Waals surface area contributed by atoms with Crippen LogP contribution in [0.15, 0.2) is 0 Å². The van der Waals surface area contributed by atoms with Crippen LogP contribution >= 0.6 is 0 Å². The summed E-state index contributed by atoms with van der Waals surface area (Å²) in [5.74, 6) is -0.277. The SMILES string of the molecule is CC(NCC1CCCN1C)C(N)=O. The largest absolute Gasteiger partial charge is 0.368 e. The number of rotatable bonds is 4. The molecule has 4 heteroatoms. The van der Waals surface area contributed by atoms with Gasteiger partial charge in [-0.25, -0.2) is 0 Å². The second-order valence-electron chi connectivity index (χ2n) is 3.81. The number of likely N-dealkylation sites (tertiary alicyclic amines) is 1. The monoisotopic (exact) mass is 185 g/mol. The molecule has 2 atom stereocenters. The zero-order chi connectivity index (χ0) is 9.84. The van der Waals surface area contributed by atoms with Gasteiger partial charge in [0.1, 0.15) is 0 Å². The van der Waals surface area contributed by atoms with Gasteiger partial charge in [-0.1, -0.05) is 0 Å². The van der Waals surface area contributed by atoms with Crippen molar-refractivity contribution < 1.29 is 4.79 Å². The molecule has 4 nitrogen and oxygen atoms in total. The summed E-state index contributed by atoms with van der Waals surface area (Å²) >= 11 is 0. The molecule has 1 aliphatic heterocycles. The Morgan fingerprint density at radius 2 is 2.46 bits per heavy atom. The van der Waals surface area contributed by atoms with Gasteiger partial charge in [-0.2, -0.15) is 0 Å². The number of hydrogen-bond acceptors (Lipinski definition) is 3. The van der Waals surface area contributed by atoms with E-state index in [2.05, 4.69) is 17.3 Å². The standard InChI is InChI=1S/C9H19N3O/c1-7(9(10)13)11-6-8-4-3-5-12(8)2/h7-8,11H,3-6H2,1-2H3,(H2,10,13). The number of likely N-dealkylation sites (N-methyl/N-ethyl adjacent to an activating group) is 1. The van der Waals surface area contributed by atoms with E-state index in [4.69, 9.17) is 5.73 Å². The number of nitrogens with one attached hydrogen (secondary N) is 1. The van der Waals surface area contributed by atoms with Gasteiger partial charge in [-0.3, -0.25) is 4.79 Å². The van der Waals surface area contributed by atoms with Gasteiger partial charge in [-0.15, -0.1) is 0 Å². The number of carbonyl (C=O) groups excluding carboxylic acids is 1. The molecule has 0 aliphatic carbocycles. The van der Waals surface area contributed by atoms with Gasteiger partial charge in [0.25, 0.3) is 0 Å². The van der Waals surface area contributed by atoms with E-state index in [1.54, 1.807) is 6.92 Å². The van der Waals surface area contributed by atoms with Crippen LogP contribution in [0.5, 0.6) is 0 Å². The zero-order valence-electron chi connectivity index (χ0n) is 8.42. The van der Waals surface area contributed by atoms with E-state index in [9.17, 15) is 4.79 Å². The minimum absolute atomic E-state index is 0.214. The maximum Gasteiger partial charge on any atom is 0.234 e. The normalized spacial score (nSPS) is 26.2. The van der Waals surface area contributed by atoms with Gasteiger partial charge in [-0.05, 0) is 33.4 Å². The third kappa shape index (κ3) is 2.97. The highest BCUT2D eigenvalue weighted by molar-refractivity contribution is 5.79. The molecule has 1 fully saturated rings.